The molecule has 122 valence electrons. The zero-order valence-electron chi connectivity index (χ0n) is 13.1. The Morgan fingerprint density at radius 1 is 1.00 bits per heavy atom. The molecule has 0 N–H and O–H groups in total. The maximum absolute atomic E-state index is 12.1. The molecule has 1 aliphatic rings. The van der Waals surface area contributed by atoms with Gasteiger partial charge in [0.2, 0.25) is 5.78 Å². The molecule has 0 unspecified atom stereocenters. The van der Waals surface area contributed by atoms with Crippen LogP contribution in [0.2, 0.25) is 0 Å². The normalized spacial score (nSPS) is 13.6. The molecule has 0 atom stereocenters. The molecule has 3 rings (SSSR count). The zero-order chi connectivity index (χ0) is 16.9. The van der Waals surface area contributed by atoms with Gasteiger partial charge in [-0.2, -0.15) is 0 Å². The van der Waals surface area contributed by atoms with Gasteiger partial charge in [-0.05, 0) is 30.2 Å². The molecular weight excluding hydrogens is 306 g/mol. The van der Waals surface area contributed by atoms with Crippen molar-refractivity contribution in [1.82, 2.24) is 0 Å². The zero-order valence-corrected chi connectivity index (χ0v) is 13.1. The van der Waals surface area contributed by atoms with E-state index in [0.29, 0.717) is 18.5 Å². The van der Waals surface area contributed by atoms with Gasteiger partial charge in [-0.25, -0.2) is 4.79 Å². The quantitative estimate of drug-likeness (QED) is 0.481. The fourth-order valence-corrected chi connectivity index (χ4v) is 2.70. The number of nitrogens with zero attached hydrogens (tertiary/aromatic N) is 1. The number of ketones is 1. The highest BCUT2D eigenvalue weighted by Gasteiger charge is 2.30. The molecule has 2 aromatic rings. The lowest BCUT2D eigenvalue weighted by Gasteiger charge is -2.28. The predicted octanol–water partition coefficient (Wildman–Crippen LogP) is 2.39. The van der Waals surface area contributed by atoms with Crippen molar-refractivity contribution in [3.05, 3.63) is 65.7 Å². The van der Waals surface area contributed by atoms with Crippen LogP contribution in [0.3, 0.4) is 0 Å². The first-order chi connectivity index (χ1) is 11.7. The highest BCUT2D eigenvalue weighted by atomic mass is 16.5. The molecule has 1 heterocycles. The Kier molecular flexibility index (Phi) is 4.70. The molecule has 0 spiro atoms. The summed E-state index contributed by atoms with van der Waals surface area (Å²) in [5.74, 6) is -1.30. The van der Waals surface area contributed by atoms with E-state index in [0.717, 1.165) is 11.3 Å². The minimum atomic E-state index is -0.497. The largest absolute Gasteiger partial charge is 0.462 e. The van der Waals surface area contributed by atoms with Crippen molar-refractivity contribution in [1.29, 1.82) is 0 Å². The monoisotopic (exact) mass is 323 g/mol. The number of ether oxygens (including phenoxy) is 1. The van der Waals surface area contributed by atoms with Crippen molar-refractivity contribution >= 4 is 23.3 Å². The molecule has 0 aromatic heterocycles. The number of carbonyl (C=O) groups excluding carboxylic acids is 3. The van der Waals surface area contributed by atoms with Gasteiger partial charge in [0, 0.05) is 18.7 Å². The molecule has 0 fully saturated rings. The van der Waals surface area contributed by atoms with Crippen molar-refractivity contribution in [3.8, 4) is 0 Å². The topological polar surface area (TPSA) is 63.7 Å². The van der Waals surface area contributed by atoms with E-state index in [4.69, 9.17) is 4.74 Å². The third kappa shape index (κ3) is 3.35. The standard InChI is InChI=1S/C19H17NO4/c21-17-13-15-9-4-5-10-16(15)20(18(17)22)11-6-12-24-19(23)14-7-2-1-3-8-14/h1-5,7-10H,6,11-13H2. The molecule has 5 nitrogen and oxygen atoms in total. The molecular formula is C19H17NO4. The number of amides is 1. The fraction of sp³-hybridized carbons (Fsp3) is 0.211. The highest BCUT2D eigenvalue weighted by molar-refractivity contribution is 6.43. The Labute approximate surface area is 139 Å². The molecule has 1 aliphatic heterocycles. The first kappa shape index (κ1) is 15.9. The fourth-order valence-electron chi connectivity index (χ4n) is 2.70. The van der Waals surface area contributed by atoms with E-state index in [9.17, 15) is 14.4 Å². The van der Waals surface area contributed by atoms with Crippen LogP contribution in [0.15, 0.2) is 54.6 Å². The van der Waals surface area contributed by atoms with Gasteiger partial charge in [0.1, 0.15) is 0 Å². The Morgan fingerprint density at radius 2 is 1.71 bits per heavy atom. The van der Waals surface area contributed by atoms with Crippen molar-refractivity contribution in [2.45, 2.75) is 12.8 Å². The first-order valence-corrected chi connectivity index (χ1v) is 7.81. The van der Waals surface area contributed by atoms with Gasteiger partial charge < -0.3 is 9.64 Å². The lowest BCUT2D eigenvalue weighted by atomic mass is 10.00. The maximum Gasteiger partial charge on any atom is 0.338 e. The van der Waals surface area contributed by atoms with E-state index in [-0.39, 0.29) is 13.0 Å². The van der Waals surface area contributed by atoms with Crippen molar-refractivity contribution in [2.24, 2.45) is 0 Å². The maximum atomic E-state index is 12.1. The molecule has 0 saturated heterocycles. The summed E-state index contributed by atoms with van der Waals surface area (Å²) in [6, 6.07) is 16.1. The van der Waals surface area contributed by atoms with Gasteiger partial charge in [-0.3, -0.25) is 9.59 Å². The molecule has 1 amide bonds. The Bertz CT molecular complexity index is 770. The van der Waals surface area contributed by atoms with E-state index in [1.807, 2.05) is 30.3 Å². The molecule has 0 saturated carbocycles. The summed E-state index contributed by atoms with van der Waals surface area (Å²) >= 11 is 0. The Balaban J connectivity index is 1.58. The minimum Gasteiger partial charge on any atom is -0.462 e. The smallest absolute Gasteiger partial charge is 0.338 e. The van der Waals surface area contributed by atoms with Crippen LogP contribution in [0, 0.1) is 0 Å². The van der Waals surface area contributed by atoms with Gasteiger partial charge in [-0.1, -0.05) is 36.4 Å². The molecule has 2 aromatic carbocycles. The van der Waals surface area contributed by atoms with Gasteiger partial charge in [0.05, 0.1) is 12.2 Å². The lowest BCUT2D eigenvalue weighted by Crippen LogP contribution is -2.42. The van der Waals surface area contributed by atoms with Gasteiger partial charge >= 0.3 is 5.97 Å². The number of Topliss-reactive ketones (excluding diaryl/α,β-unsaturated/α-hetero) is 1. The van der Waals surface area contributed by atoms with E-state index >= 15 is 0 Å². The Hall–Kier alpha value is -2.95. The molecule has 0 radical (unpaired) electrons. The number of fused-ring (bicyclic) bond motifs is 1. The predicted molar refractivity (Wildman–Crippen MR) is 88.8 cm³/mol. The first-order valence-electron chi connectivity index (χ1n) is 7.81. The van der Waals surface area contributed by atoms with E-state index in [1.54, 1.807) is 24.3 Å². The molecule has 0 aliphatic carbocycles. The molecule has 24 heavy (non-hydrogen) atoms. The summed E-state index contributed by atoms with van der Waals surface area (Å²) in [6.45, 7) is 0.525. The number of anilines is 1. The summed E-state index contributed by atoms with van der Waals surface area (Å²) in [4.78, 5) is 37.2. The summed E-state index contributed by atoms with van der Waals surface area (Å²) in [7, 11) is 0. The van der Waals surface area contributed by atoms with Crippen LogP contribution in [-0.2, 0) is 20.7 Å². The van der Waals surface area contributed by atoms with Crippen LogP contribution in [-0.4, -0.2) is 30.8 Å². The SMILES string of the molecule is O=C1Cc2ccccc2N(CCCOC(=O)c2ccccc2)C1=O. The van der Waals surface area contributed by atoms with Crippen molar-refractivity contribution in [3.63, 3.8) is 0 Å². The third-order valence-electron chi connectivity index (χ3n) is 3.89. The molecule has 5 heteroatoms. The van der Waals surface area contributed by atoms with Crippen LogP contribution in [0.25, 0.3) is 0 Å². The number of esters is 1. The van der Waals surface area contributed by atoms with E-state index in [2.05, 4.69) is 0 Å². The van der Waals surface area contributed by atoms with Crippen LogP contribution in [0.4, 0.5) is 5.69 Å². The average molecular weight is 323 g/mol. The minimum absolute atomic E-state index is 0.147. The summed E-state index contributed by atoms with van der Waals surface area (Å²) in [5.41, 5.74) is 2.10. The Morgan fingerprint density at radius 3 is 2.50 bits per heavy atom. The number of hydrogen-bond donors (Lipinski definition) is 0. The van der Waals surface area contributed by atoms with Crippen molar-refractivity contribution < 1.29 is 19.1 Å². The lowest BCUT2D eigenvalue weighted by molar-refractivity contribution is -0.136. The van der Waals surface area contributed by atoms with Crippen LogP contribution in [0.1, 0.15) is 22.3 Å². The number of benzene rings is 2. The van der Waals surface area contributed by atoms with E-state index in [1.165, 1.54) is 4.90 Å². The van der Waals surface area contributed by atoms with Crippen LogP contribution < -0.4 is 4.90 Å². The van der Waals surface area contributed by atoms with Gasteiger partial charge in [0.25, 0.3) is 5.91 Å². The average Bonchev–Trinajstić information content (AvgIpc) is 2.62. The number of para-hydroxylation sites is 1. The van der Waals surface area contributed by atoms with Crippen LogP contribution >= 0.6 is 0 Å². The number of rotatable bonds is 5. The second-order valence-electron chi connectivity index (χ2n) is 5.54. The summed E-state index contributed by atoms with van der Waals surface area (Å²) < 4.78 is 5.21. The van der Waals surface area contributed by atoms with Gasteiger partial charge in [0.15, 0.2) is 0 Å². The number of carbonyl (C=O) groups is 3. The van der Waals surface area contributed by atoms with Crippen molar-refractivity contribution in [2.75, 3.05) is 18.1 Å². The number of hydrogen-bond acceptors (Lipinski definition) is 4. The summed E-state index contributed by atoms with van der Waals surface area (Å²) in [5, 5.41) is 0. The highest BCUT2D eigenvalue weighted by Crippen LogP contribution is 2.26. The van der Waals surface area contributed by atoms with E-state index < -0.39 is 17.7 Å². The molecule has 0 bridgehead atoms. The van der Waals surface area contributed by atoms with Crippen LogP contribution in [0.5, 0.6) is 0 Å². The second kappa shape index (κ2) is 7.08. The summed E-state index contributed by atoms with van der Waals surface area (Å²) in [6.07, 6.45) is 0.612. The second-order valence-corrected chi connectivity index (χ2v) is 5.54. The van der Waals surface area contributed by atoms with Gasteiger partial charge in [-0.15, -0.1) is 0 Å². The third-order valence-corrected chi connectivity index (χ3v) is 3.89.